The molecule has 2 heteroatoms. The fraction of sp³-hybridized carbons (Fsp3) is 0.364. The number of hydrogen-bond acceptors (Lipinski definition) is 2. The molecule has 24 heavy (non-hydrogen) atoms. The van der Waals surface area contributed by atoms with E-state index in [9.17, 15) is 0 Å². The lowest BCUT2D eigenvalue weighted by molar-refractivity contribution is 0.309. The second kappa shape index (κ2) is 9.82. The quantitative estimate of drug-likeness (QED) is 0.491. The Hall–Kier alpha value is -2.22. The van der Waals surface area contributed by atoms with Gasteiger partial charge in [-0.3, -0.25) is 0 Å². The van der Waals surface area contributed by atoms with Gasteiger partial charge in [-0.05, 0) is 53.8 Å². The van der Waals surface area contributed by atoms with Crippen LogP contribution in [0.15, 0.2) is 55.1 Å². The van der Waals surface area contributed by atoms with Gasteiger partial charge < -0.3 is 9.47 Å². The largest absolute Gasteiger partial charge is 0.494 e. The van der Waals surface area contributed by atoms with Crippen LogP contribution in [0.1, 0.15) is 50.7 Å². The average Bonchev–Trinajstić information content (AvgIpc) is 2.63. The van der Waals surface area contributed by atoms with Crippen LogP contribution < -0.4 is 9.47 Å². The molecule has 0 heterocycles. The van der Waals surface area contributed by atoms with Gasteiger partial charge in [0, 0.05) is 0 Å². The van der Waals surface area contributed by atoms with Crippen LogP contribution in [-0.4, -0.2) is 13.2 Å². The molecule has 2 rings (SSSR count). The van der Waals surface area contributed by atoms with Gasteiger partial charge in [-0.1, -0.05) is 57.5 Å². The van der Waals surface area contributed by atoms with E-state index in [4.69, 9.17) is 9.47 Å². The summed E-state index contributed by atoms with van der Waals surface area (Å²) >= 11 is 0. The lowest BCUT2D eigenvalue weighted by Crippen LogP contribution is -1.97. The van der Waals surface area contributed by atoms with Gasteiger partial charge in [-0.2, -0.15) is 0 Å². The fourth-order valence-corrected chi connectivity index (χ4v) is 2.34. The molecule has 128 valence electrons. The van der Waals surface area contributed by atoms with Crippen molar-refractivity contribution in [1.82, 2.24) is 0 Å². The Morgan fingerprint density at radius 2 is 1.08 bits per heavy atom. The molecule has 0 unspecified atom stereocenters. The predicted octanol–water partition coefficient (Wildman–Crippen LogP) is 6.11. The predicted molar refractivity (Wildman–Crippen MR) is 102 cm³/mol. The summed E-state index contributed by atoms with van der Waals surface area (Å²) in [5, 5.41) is 0. The van der Waals surface area contributed by atoms with Gasteiger partial charge in [0.05, 0.1) is 13.2 Å². The lowest BCUT2D eigenvalue weighted by Gasteiger charge is -2.10. The van der Waals surface area contributed by atoms with Gasteiger partial charge in [0.15, 0.2) is 0 Å². The van der Waals surface area contributed by atoms with E-state index in [2.05, 4.69) is 44.7 Å². The standard InChI is InChI=1S/C22H28O2/c1-4-6-16-23-21-12-8-19(9-13-21)18(3)20-10-14-22(15-11-20)24-17-7-5-2/h8-15H,3-7,16-17H2,1-2H3. The van der Waals surface area contributed by atoms with Crippen LogP contribution in [0, 0.1) is 0 Å². The number of hydrogen-bond donors (Lipinski definition) is 0. The summed E-state index contributed by atoms with van der Waals surface area (Å²) in [4.78, 5) is 0. The smallest absolute Gasteiger partial charge is 0.119 e. The Morgan fingerprint density at radius 1 is 0.708 bits per heavy atom. The normalized spacial score (nSPS) is 10.4. The van der Waals surface area contributed by atoms with Crippen molar-refractivity contribution in [3.63, 3.8) is 0 Å². The highest BCUT2D eigenvalue weighted by Gasteiger charge is 2.04. The van der Waals surface area contributed by atoms with Crippen LogP contribution in [0.4, 0.5) is 0 Å². The fourth-order valence-electron chi connectivity index (χ4n) is 2.34. The zero-order chi connectivity index (χ0) is 17.2. The first-order valence-electron chi connectivity index (χ1n) is 8.90. The van der Waals surface area contributed by atoms with Gasteiger partial charge in [-0.25, -0.2) is 0 Å². The summed E-state index contributed by atoms with van der Waals surface area (Å²) in [7, 11) is 0. The molecule has 0 aliphatic rings. The van der Waals surface area contributed by atoms with E-state index in [0.717, 1.165) is 67.1 Å². The Kier molecular flexibility index (Phi) is 7.41. The van der Waals surface area contributed by atoms with Crippen molar-refractivity contribution in [2.24, 2.45) is 0 Å². The first-order valence-corrected chi connectivity index (χ1v) is 8.90. The molecule has 0 bridgehead atoms. The first-order chi connectivity index (χ1) is 11.7. The van der Waals surface area contributed by atoms with Crippen molar-refractivity contribution in [3.8, 4) is 11.5 Å². The molecule has 2 aromatic rings. The van der Waals surface area contributed by atoms with Crippen molar-refractivity contribution in [1.29, 1.82) is 0 Å². The third kappa shape index (κ3) is 5.45. The monoisotopic (exact) mass is 324 g/mol. The van der Waals surface area contributed by atoms with E-state index in [-0.39, 0.29) is 0 Å². The van der Waals surface area contributed by atoms with Crippen molar-refractivity contribution >= 4 is 5.57 Å². The van der Waals surface area contributed by atoms with E-state index in [1.807, 2.05) is 24.3 Å². The second-order valence-corrected chi connectivity index (χ2v) is 5.93. The maximum Gasteiger partial charge on any atom is 0.119 e. The molecule has 0 fully saturated rings. The van der Waals surface area contributed by atoms with Crippen LogP contribution in [0.5, 0.6) is 11.5 Å². The topological polar surface area (TPSA) is 18.5 Å². The minimum absolute atomic E-state index is 0.774. The Morgan fingerprint density at radius 3 is 1.42 bits per heavy atom. The van der Waals surface area contributed by atoms with Gasteiger partial charge in [0.1, 0.15) is 11.5 Å². The Bertz CT molecular complexity index is 556. The highest BCUT2D eigenvalue weighted by atomic mass is 16.5. The molecule has 0 N–H and O–H groups in total. The van der Waals surface area contributed by atoms with E-state index < -0.39 is 0 Å². The number of benzene rings is 2. The molecule has 0 amide bonds. The maximum absolute atomic E-state index is 5.70. The molecular formula is C22H28O2. The molecule has 0 aliphatic heterocycles. The molecule has 2 nitrogen and oxygen atoms in total. The lowest BCUT2D eigenvalue weighted by atomic mass is 9.99. The van der Waals surface area contributed by atoms with Crippen LogP contribution >= 0.6 is 0 Å². The van der Waals surface area contributed by atoms with Gasteiger partial charge in [0.2, 0.25) is 0 Å². The molecule has 0 saturated carbocycles. The van der Waals surface area contributed by atoms with Crippen LogP contribution in [0.2, 0.25) is 0 Å². The van der Waals surface area contributed by atoms with E-state index in [1.165, 1.54) is 0 Å². The number of ether oxygens (including phenoxy) is 2. The third-order valence-electron chi connectivity index (χ3n) is 3.94. The van der Waals surface area contributed by atoms with E-state index in [1.54, 1.807) is 0 Å². The average molecular weight is 324 g/mol. The highest BCUT2D eigenvalue weighted by Crippen LogP contribution is 2.25. The summed E-state index contributed by atoms with van der Waals surface area (Å²) in [6, 6.07) is 16.3. The molecule has 0 aliphatic carbocycles. The van der Waals surface area contributed by atoms with Crippen molar-refractivity contribution in [3.05, 3.63) is 66.2 Å². The zero-order valence-corrected chi connectivity index (χ0v) is 14.9. The third-order valence-corrected chi connectivity index (χ3v) is 3.94. The van der Waals surface area contributed by atoms with Crippen molar-refractivity contribution in [2.45, 2.75) is 39.5 Å². The van der Waals surface area contributed by atoms with Crippen molar-refractivity contribution < 1.29 is 9.47 Å². The van der Waals surface area contributed by atoms with Gasteiger partial charge in [-0.15, -0.1) is 0 Å². The minimum Gasteiger partial charge on any atom is -0.494 e. The van der Waals surface area contributed by atoms with Crippen molar-refractivity contribution in [2.75, 3.05) is 13.2 Å². The Labute approximate surface area is 146 Å². The van der Waals surface area contributed by atoms with Crippen LogP contribution in [0.3, 0.4) is 0 Å². The summed E-state index contributed by atoms with van der Waals surface area (Å²) in [5.74, 6) is 1.83. The zero-order valence-electron chi connectivity index (χ0n) is 14.9. The minimum atomic E-state index is 0.774. The number of rotatable bonds is 10. The number of unbranched alkanes of at least 4 members (excludes halogenated alkanes) is 2. The molecular weight excluding hydrogens is 296 g/mol. The summed E-state index contributed by atoms with van der Waals surface area (Å²) in [6.07, 6.45) is 4.46. The van der Waals surface area contributed by atoms with Gasteiger partial charge in [0.25, 0.3) is 0 Å². The van der Waals surface area contributed by atoms with E-state index in [0.29, 0.717) is 0 Å². The second-order valence-electron chi connectivity index (χ2n) is 5.93. The summed E-state index contributed by atoms with van der Waals surface area (Å²) in [6.45, 7) is 10.1. The molecule has 0 atom stereocenters. The summed E-state index contributed by atoms with van der Waals surface area (Å²) < 4.78 is 11.4. The van der Waals surface area contributed by atoms with Gasteiger partial charge >= 0.3 is 0 Å². The highest BCUT2D eigenvalue weighted by molar-refractivity contribution is 5.78. The summed E-state index contributed by atoms with van der Waals surface area (Å²) in [5.41, 5.74) is 3.23. The molecule has 2 aromatic carbocycles. The van der Waals surface area contributed by atoms with Crippen LogP contribution in [0.25, 0.3) is 5.57 Å². The van der Waals surface area contributed by atoms with E-state index >= 15 is 0 Å². The van der Waals surface area contributed by atoms with Crippen LogP contribution in [-0.2, 0) is 0 Å². The first kappa shape index (κ1) is 18.1. The molecule has 0 spiro atoms. The SMILES string of the molecule is C=C(c1ccc(OCCCC)cc1)c1ccc(OCCCC)cc1. The molecule has 0 radical (unpaired) electrons. The maximum atomic E-state index is 5.70. The molecule has 0 aromatic heterocycles. The molecule has 0 saturated heterocycles. The Balaban J connectivity index is 1.95.